The third kappa shape index (κ3) is 4.63. The molecule has 1 aromatic carbocycles. The highest BCUT2D eigenvalue weighted by atomic mass is 32.1. The van der Waals surface area contributed by atoms with E-state index in [-0.39, 0.29) is 5.41 Å². The van der Waals surface area contributed by atoms with E-state index in [9.17, 15) is 0 Å². The molecule has 0 saturated carbocycles. The van der Waals surface area contributed by atoms with E-state index < -0.39 is 0 Å². The van der Waals surface area contributed by atoms with Crippen LogP contribution >= 0.6 is 12.6 Å². The SMILES string of the molecule is Cc1cc(C(C)(C)C)ccc1OCCCCS. The van der Waals surface area contributed by atoms with Crippen molar-refractivity contribution in [1.82, 2.24) is 0 Å². The van der Waals surface area contributed by atoms with Gasteiger partial charge in [-0.3, -0.25) is 0 Å². The molecule has 0 spiro atoms. The van der Waals surface area contributed by atoms with Crippen molar-refractivity contribution in [1.29, 1.82) is 0 Å². The zero-order chi connectivity index (χ0) is 12.9. The number of ether oxygens (including phenoxy) is 1. The fourth-order valence-corrected chi connectivity index (χ4v) is 1.90. The van der Waals surface area contributed by atoms with Crippen LogP contribution in [0.15, 0.2) is 18.2 Å². The zero-order valence-electron chi connectivity index (χ0n) is 11.4. The summed E-state index contributed by atoms with van der Waals surface area (Å²) in [4.78, 5) is 0. The first-order valence-corrected chi connectivity index (χ1v) is 6.93. The molecule has 0 unspecified atom stereocenters. The van der Waals surface area contributed by atoms with E-state index in [1.807, 2.05) is 0 Å². The molecule has 0 heterocycles. The lowest BCUT2D eigenvalue weighted by atomic mass is 9.86. The van der Waals surface area contributed by atoms with Gasteiger partial charge in [-0.1, -0.05) is 32.9 Å². The molecular formula is C15H24OS. The molecule has 0 fully saturated rings. The quantitative estimate of drug-likeness (QED) is 0.604. The van der Waals surface area contributed by atoms with Crippen molar-refractivity contribution in [3.05, 3.63) is 29.3 Å². The molecule has 1 aromatic rings. The second-order valence-corrected chi connectivity index (χ2v) is 5.96. The van der Waals surface area contributed by atoms with Gasteiger partial charge < -0.3 is 4.74 Å². The third-order valence-electron chi connectivity index (χ3n) is 2.85. The summed E-state index contributed by atoms with van der Waals surface area (Å²) in [5.41, 5.74) is 2.79. The lowest BCUT2D eigenvalue weighted by Gasteiger charge is -2.20. The Labute approximate surface area is 111 Å². The van der Waals surface area contributed by atoms with Gasteiger partial charge in [0.1, 0.15) is 5.75 Å². The van der Waals surface area contributed by atoms with E-state index in [2.05, 4.69) is 58.5 Å². The number of hydrogen-bond acceptors (Lipinski definition) is 2. The minimum Gasteiger partial charge on any atom is -0.493 e. The Morgan fingerprint density at radius 3 is 2.41 bits per heavy atom. The molecule has 0 saturated heterocycles. The summed E-state index contributed by atoms with van der Waals surface area (Å²) in [5, 5.41) is 0. The van der Waals surface area contributed by atoms with Crippen LogP contribution in [0.1, 0.15) is 44.7 Å². The molecule has 0 radical (unpaired) electrons. The summed E-state index contributed by atoms with van der Waals surface area (Å²) in [5.74, 6) is 1.95. The largest absolute Gasteiger partial charge is 0.493 e. The summed E-state index contributed by atoms with van der Waals surface area (Å²) in [7, 11) is 0. The Morgan fingerprint density at radius 1 is 1.18 bits per heavy atom. The Kier molecular flexibility index (Phi) is 5.38. The molecule has 2 heteroatoms. The van der Waals surface area contributed by atoms with Crippen molar-refractivity contribution >= 4 is 12.6 Å². The number of aryl methyl sites for hydroxylation is 1. The third-order valence-corrected chi connectivity index (χ3v) is 3.17. The molecule has 0 bridgehead atoms. The molecule has 0 N–H and O–H groups in total. The lowest BCUT2D eigenvalue weighted by molar-refractivity contribution is 0.307. The maximum absolute atomic E-state index is 5.77. The fourth-order valence-electron chi connectivity index (χ4n) is 1.67. The van der Waals surface area contributed by atoms with Crippen molar-refractivity contribution < 1.29 is 4.74 Å². The van der Waals surface area contributed by atoms with Gasteiger partial charge in [0.15, 0.2) is 0 Å². The van der Waals surface area contributed by atoms with Gasteiger partial charge >= 0.3 is 0 Å². The van der Waals surface area contributed by atoms with Gasteiger partial charge in [-0.2, -0.15) is 12.6 Å². The van der Waals surface area contributed by atoms with E-state index in [4.69, 9.17) is 4.74 Å². The van der Waals surface area contributed by atoms with Crippen LogP contribution in [0.4, 0.5) is 0 Å². The highest BCUT2D eigenvalue weighted by Gasteiger charge is 2.14. The number of unbranched alkanes of at least 4 members (excludes halogenated alkanes) is 1. The van der Waals surface area contributed by atoms with E-state index in [1.165, 1.54) is 11.1 Å². The molecule has 17 heavy (non-hydrogen) atoms. The highest BCUT2D eigenvalue weighted by molar-refractivity contribution is 7.80. The van der Waals surface area contributed by atoms with Crippen LogP contribution < -0.4 is 4.74 Å². The zero-order valence-corrected chi connectivity index (χ0v) is 12.3. The first-order valence-electron chi connectivity index (χ1n) is 6.30. The maximum Gasteiger partial charge on any atom is 0.122 e. The number of benzene rings is 1. The van der Waals surface area contributed by atoms with Crippen LogP contribution in [-0.2, 0) is 5.41 Å². The molecule has 0 aliphatic rings. The molecule has 0 aliphatic carbocycles. The molecule has 0 aromatic heterocycles. The van der Waals surface area contributed by atoms with Crippen LogP contribution in [0.5, 0.6) is 5.75 Å². The van der Waals surface area contributed by atoms with E-state index >= 15 is 0 Å². The topological polar surface area (TPSA) is 9.23 Å². The second kappa shape index (κ2) is 6.34. The first-order chi connectivity index (χ1) is 7.95. The van der Waals surface area contributed by atoms with Gasteiger partial charge in [-0.05, 0) is 48.1 Å². The number of thiol groups is 1. The van der Waals surface area contributed by atoms with Crippen molar-refractivity contribution in [3.63, 3.8) is 0 Å². The summed E-state index contributed by atoms with van der Waals surface area (Å²) in [6, 6.07) is 6.49. The van der Waals surface area contributed by atoms with E-state index in [0.29, 0.717) is 0 Å². The first kappa shape index (κ1) is 14.4. The second-order valence-electron chi connectivity index (χ2n) is 5.51. The predicted octanol–water partition coefficient (Wildman–Crippen LogP) is 4.38. The van der Waals surface area contributed by atoms with Gasteiger partial charge in [0, 0.05) is 0 Å². The van der Waals surface area contributed by atoms with Gasteiger partial charge in [0.05, 0.1) is 6.61 Å². The monoisotopic (exact) mass is 252 g/mol. The van der Waals surface area contributed by atoms with E-state index in [0.717, 1.165) is 31.0 Å². The molecule has 1 nitrogen and oxygen atoms in total. The minimum atomic E-state index is 0.204. The molecule has 0 atom stereocenters. The Bertz CT molecular complexity index is 352. The standard InChI is InChI=1S/C15H24OS/c1-12-11-13(15(2,3)4)7-8-14(12)16-9-5-6-10-17/h7-8,11,17H,5-6,9-10H2,1-4H3. The number of rotatable bonds is 5. The summed E-state index contributed by atoms with van der Waals surface area (Å²) in [6.45, 7) is 9.60. The molecule has 0 aliphatic heterocycles. The van der Waals surface area contributed by atoms with Gasteiger partial charge in [0.25, 0.3) is 0 Å². The van der Waals surface area contributed by atoms with Crippen LogP contribution in [-0.4, -0.2) is 12.4 Å². The Morgan fingerprint density at radius 2 is 1.88 bits per heavy atom. The van der Waals surface area contributed by atoms with Gasteiger partial charge in [-0.25, -0.2) is 0 Å². The minimum absolute atomic E-state index is 0.204. The average molecular weight is 252 g/mol. The van der Waals surface area contributed by atoms with Crippen LogP contribution in [0.2, 0.25) is 0 Å². The van der Waals surface area contributed by atoms with Crippen molar-refractivity contribution in [2.75, 3.05) is 12.4 Å². The Balaban J connectivity index is 2.64. The van der Waals surface area contributed by atoms with Gasteiger partial charge in [0.2, 0.25) is 0 Å². The predicted molar refractivity (Wildman–Crippen MR) is 78.5 cm³/mol. The maximum atomic E-state index is 5.77. The lowest BCUT2D eigenvalue weighted by Crippen LogP contribution is -2.11. The van der Waals surface area contributed by atoms with Crippen LogP contribution in [0.3, 0.4) is 0 Å². The molecule has 1 rings (SSSR count). The van der Waals surface area contributed by atoms with Crippen LogP contribution in [0, 0.1) is 6.92 Å². The average Bonchev–Trinajstić information content (AvgIpc) is 2.24. The normalized spacial score (nSPS) is 11.6. The smallest absolute Gasteiger partial charge is 0.122 e. The van der Waals surface area contributed by atoms with E-state index in [1.54, 1.807) is 0 Å². The van der Waals surface area contributed by atoms with Crippen molar-refractivity contribution in [2.24, 2.45) is 0 Å². The van der Waals surface area contributed by atoms with Crippen molar-refractivity contribution in [3.8, 4) is 5.75 Å². The highest BCUT2D eigenvalue weighted by Crippen LogP contribution is 2.27. The van der Waals surface area contributed by atoms with Crippen LogP contribution in [0.25, 0.3) is 0 Å². The number of hydrogen-bond donors (Lipinski definition) is 1. The summed E-state index contributed by atoms with van der Waals surface area (Å²) >= 11 is 4.19. The fraction of sp³-hybridized carbons (Fsp3) is 0.600. The van der Waals surface area contributed by atoms with Gasteiger partial charge in [-0.15, -0.1) is 0 Å². The summed E-state index contributed by atoms with van der Waals surface area (Å²) in [6.07, 6.45) is 2.19. The Hall–Kier alpha value is -0.630. The summed E-state index contributed by atoms with van der Waals surface area (Å²) < 4.78 is 5.77. The molecule has 96 valence electrons. The molecule has 0 amide bonds. The van der Waals surface area contributed by atoms with Crippen molar-refractivity contribution in [2.45, 2.75) is 46.0 Å². The molecular weight excluding hydrogens is 228 g/mol.